The van der Waals surface area contributed by atoms with E-state index in [-0.39, 0.29) is 0 Å². The van der Waals surface area contributed by atoms with Gasteiger partial charge in [0.25, 0.3) is 0 Å². The normalized spacial score (nSPS) is 13.5. The quantitative estimate of drug-likeness (QED) is 0.678. The van der Waals surface area contributed by atoms with Crippen LogP contribution in [0.2, 0.25) is 5.28 Å². The van der Waals surface area contributed by atoms with Gasteiger partial charge in [-0.25, -0.2) is 9.97 Å². The van der Waals surface area contributed by atoms with Crippen LogP contribution in [0.15, 0.2) is 23.6 Å². The summed E-state index contributed by atoms with van der Waals surface area (Å²) < 4.78 is 2.06. The van der Waals surface area contributed by atoms with Gasteiger partial charge >= 0.3 is 0 Å². The summed E-state index contributed by atoms with van der Waals surface area (Å²) in [6.45, 7) is 1.81. The van der Waals surface area contributed by atoms with E-state index in [0.29, 0.717) is 5.28 Å². The number of fused-ring (bicyclic) bond motifs is 1. The van der Waals surface area contributed by atoms with Crippen molar-refractivity contribution in [3.63, 3.8) is 0 Å². The Morgan fingerprint density at radius 2 is 2.37 bits per heavy atom. The van der Waals surface area contributed by atoms with Crippen LogP contribution in [0.5, 0.6) is 0 Å². The van der Waals surface area contributed by atoms with Gasteiger partial charge in [0.1, 0.15) is 5.82 Å². The molecule has 3 heterocycles. The van der Waals surface area contributed by atoms with Gasteiger partial charge < -0.3 is 9.88 Å². The van der Waals surface area contributed by atoms with E-state index in [4.69, 9.17) is 11.6 Å². The van der Waals surface area contributed by atoms with Crippen molar-refractivity contribution in [2.45, 2.75) is 24.3 Å². The average molecular weight is 296 g/mol. The minimum Gasteiger partial charge on any atom is -0.369 e. The van der Waals surface area contributed by atoms with Crippen LogP contribution in [-0.2, 0) is 13.0 Å². The standard InChI is InChI=1S/C12H14ClN5S/c13-12-16-9-2-7-19-10(9)11(17-12)15-3-1-5-18-6-4-14-8-18/h4,6,8H,1-3,5,7H2,(H,15,16,17). The van der Waals surface area contributed by atoms with Gasteiger partial charge in [0.2, 0.25) is 5.28 Å². The third-order valence-electron chi connectivity index (χ3n) is 2.94. The predicted octanol–water partition coefficient (Wildman–Crippen LogP) is 2.48. The molecule has 0 amide bonds. The van der Waals surface area contributed by atoms with Gasteiger partial charge in [-0.2, -0.15) is 4.98 Å². The molecular formula is C12H14ClN5S. The summed E-state index contributed by atoms with van der Waals surface area (Å²) in [6, 6.07) is 0. The van der Waals surface area contributed by atoms with E-state index in [1.165, 1.54) is 0 Å². The number of rotatable bonds is 5. The molecule has 1 aliphatic rings. The maximum absolute atomic E-state index is 5.94. The Hall–Kier alpha value is -1.27. The van der Waals surface area contributed by atoms with Gasteiger partial charge in [-0.15, -0.1) is 11.8 Å². The Kier molecular flexibility index (Phi) is 3.89. The Balaban J connectivity index is 1.58. The second-order valence-electron chi connectivity index (χ2n) is 4.30. The van der Waals surface area contributed by atoms with Gasteiger partial charge in [-0.1, -0.05) is 0 Å². The van der Waals surface area contributed by atoms with Crippen LogP contribution in [0.4, 0.5) is 5.82 Å². The topological polar surface area (TPSA) is 55.6 Å². The molecule has 2 aromatic rings. The van der Waals surface area contributed by atoms with E-state index in [1.54, 1.807) is 18.0 Å². The molecule has 1 aliphatic heterocycles. The van der Waals surface area contributed by atoms with Gasteiger partial charge in [-0.3, -0.25) is 0 Å². The molecular weight excluding hydrogens is 282 g/mol. The Bertz CT molecular complexity index is 557. The van der Waals surface area contributed by atoms with Crippen LogP contribution >= 0.6 is 23.4 Å². The molecule has 0 bridgehead atoms. The summed E-state index contributed by atoms with van der Waals surface area (Å²) in [5.41, 5.74) is 1.07. The summed E-state index contributed by atoms with van der Waals surface area (Å²) in [4.78, 5) is 13.7. The highest BCUT2D eigenvalue weighted by Gasteiger charge is 2.19. The van der Waals surface area contributed by atoms with E-state index < -0.39 is 0 Å². The molecule has 100 valence electrons. The summed E-state index contributed by atoms with van der Waals surface area (Å²) in [7, 11) is 0. The fourth-order valence-corrected chi connectivity index (χ4v) is 3.30. The molecule has 0 aromatic carbocycles. The number of nitrogens with zero attached hydrogens (tertiary/aromatic N) is 4. The van der Waals surface area contributed by atoms with E-state index in [0.717, 1.165) is 48.1 Å². The molecule has 2 aromatic heterocycles. The van der Waals surface area contributed by atoms with E-state index in [2.05, 4.69) is 24.8 Å². The van der Waals surface area contributed by atoms with Crippen molar-refractivity contribution in [3.05, 3.63) is 29.7 Å². The second kappa shape index (κ2) is 5.79. The van der Waals surface area contributed by atoms with Gasteiger partial charge in [0.05, 0.1) is 16.9 Å². The summed E-state index contributed by atoms with van der Waals surface area (Å²) in [5, 5.41) is 3.69. The first-order valence-corrected chi connectivity index (χ1v) is 7.58. The first-order valence-electron chi connectivity index (χ1n) is 6.22. The fourth-order valence-electron chi connectivity index (χ4n) is 2.04. The summed E-state index contributed by atoms with van der Waals surface area (Å²) in [6.07, 6.45) is 7.58. The molecule has 0 atom stereocenters. The molecule has 0 radical (unpaired) electrons. The zero-order chi connectivity index (χ0) is 13.1. The highest BCUT2D eigenvalue weighted by molar-refractivity contribution is 7.99. The van der Waals surface area contributed by atoms with Crippen molar-refractivity contribution in [1.82, 2.24) is 19.5 Å². The van der Waals surface area contributed by atoms with Crippen molar-refractivity contribution in [2.75, 3.05) is 17.6 Å². The highest BCUT2D eigenvalue weighted by Crippen LogP contribution is 2.35. The molecule has 3 rings (SSSR count). The summed E-state index contributed by atoms with van der Waals surface area (Å²) >= 11 is 7.74. The molecule has 19 heavy (non-hydrogen) atoms. The predicted molar refractivity (Wildman–Crippen MR) is 76.8 cm³/mol. The number of hydrogen-bond acceptors (Lipinski definition) is 5. The van der Waals surface area contributed by atoms with Crippen molar-refractivity contribution < 1.29 is 0 Å². The van der Waals surface area contributed by atoms with Crippen LogP contribution in [-0.4, -0.2) is 31.8 Å². The van der Waals surface area contributed by atoms with Crippen LogP contribution in [0.3, 0.4) is 0 Å². The van der Waals surface area contributed by atoms with Gasteiger partial charge in [0, 0.05) is 37.7 Å². The number of aryl methyl sites for hydroxylation is 2. The second-order valence-corrected chi connectivity index (χ2v) is 5.74. The number of aromatic nitrogens is 4. The Morgan fingerprint density at radius 1 is 1.42 bits per heavy atom. The largest absolute Gasteiger partial charge is 0.369 e. The molecule has 5 nitrogen and oxygen atoms in total. The average Bonchev–Trinajstić information content (AvgIpc) is 3.04. The van der Waals surface area contributed by atoms with Crippen LogP contribution < -0.4 is 5.32 Å². The molecule has 0 saturated carbocycles. The van der Waals surface area contributed by atoms with Crippen molar-refractivity contribution >= 4 is 29.2 Å². The number of nitrogens with one attached hydrogen (secondary N) is 1. The molecule has 0 saturated heterocycles. The molecule has 0 unspecified atom stereocenters. The molecule has 0 aliphatic carbocycles. The molecule has 7 heteroatoms. The minimum absolute atomic E-state index is 0.332. The Morgan fingerprint density at radius 3 is 3.21 bits per heavy atom. The number of anilines is 1. The minimum atomic E-state index is 0.332. The summed E-state index contributed by atoms with van der Waals surface area (Å²) in [5.74, 6) is 1.94. The van der Waals surface area contributed by atoms with Crippen molar-refractivity contribution in [1.29, 1.82) is 0 Å². The van der Waals surface area contributed by atoms with Crippen LogP contribution in [0.25, 0.3) is 0 Å². The van der Waals surface area contributed by atoms with Crippen molar-refractivity contribution in [2.24, 2.45) is 0 Å². The smallest absolute Gasteiger partial charge is 0.224 e. The number of imidazole rings is 1. The Labute approximate surface area is 120 Å². The lowest BCUT2D eigenvalue weighted by molar-refractivity contribution is 0.659. The van der Waals surface area contributed by atoms with E-state index >= 15 is 0 Å². The third kappa shape index (κ3) is 3.01. The van der Waals surface area contributed by atoms with Crippen LogP contribution in [0, 0.1) is 0 Å². The van der Waals surface area contributed by atoms with Crippen LogP contribution in [0.1, 0.15) is 12.1 Å². The number of thioether (sulfide) groups is 1. The lowest BCUT2D eigenvalue weighted by Gasteiger charge is -2.09. The maximum atomic E-state index is 5.94. The molecule has 0 spiro atoms. The molecule has 1 N–H and O–H groups in total. The molecule has 0 fully saturated rings. The van der Waals surface area contributed by atoms with Gasteiger partial charge in [-0.05, 0) is 18.0 Å². The van der Waals surface area contributed by atoms with Gasteiger partial charge in [0.15, 0.2) is 0 Å². The zero-order valence-corrected chi connectivity index (χ0v) is 11.9. The third-order valence-corrected chi connectivity index (χ3v) is 4.23. The number of hydrogen-bond donors (Lipinski definition) is 1. The van der Waals surface area contributed by atoms with Crippen molar-refractivity contribution in [3.8, 4) is 0 Å². The monoisotopic (exact) mass is 295 g/mol. The maximum Gasteiger partial charge on any atom is 0.224 e. The SMILES string of the molecule is Clc1nc2c(c(NCCCn3ccnc3)n1)SCC2. The first-order chi connectivity index (χ1) is 9.33. The fraction of sp³-hybridized carbons (Fsp3) is 0.417. The number of halogens is 1. The van der Waals surface area contributed by atoms with E-state index in [9.17, 15) is 0 Å². The van der Waals surface area contributed by atoms with E-state index in [1.807, 2.05) is 12.5 Å². The first kappa shape index (κ1) is 12.7. The zero-order valence-electron chi connectivity index (χ0n) is 10.3. The lowest BCUT2D eigenvalue weighted by Crippen LogP contribution is -2.08. The highest BCUT2D eigenvalue weighted by atomic mass is 35.5. The lowest BCUT2D eigenvalue weighted by atomic mass is 10.3.